The number of hydrogen-bond acceptors (Lipinski definition) is 1. The molecule has 1 aliphatic carbocycles. The van der Waals surface area contributed by atoms with E-state index in [9.17, 15) is 0 Å². The fourth-order valence-electron chi connectivity index (χ4n) is 3.05. The molecule has 1 fully saturated rings. The van der Waals surface area contributed by atoms with Crippen molar-refractivity contribution in [2.45, 2.75) is 89.1 Å². The standard InChI is InChI=1S/C17H30O/c1-2-4-6-8-10-12-14-17(16-18-17)15-13-11-9-7-5-3-1/h1-2H,3-16H2. The van der Waals surface area contributed by atoms with Crippen LogP contribution in [-0.4, -0.2) is 12.2 Å². The van der Waals surface area contributed by atoms with Gasteiger partial charge in [-0.15, -0.1) is 0 Å². The first-order valence-corrected chi connectivity index (χ1v) is 8.20. The van der Waals surface area contributed by atoms with Crippen LogP contribution in [0.1, 0.15) is 83.5 Å². The molecule has 0 radical (unpaired) electrons. The lowest BCUT2D eigenvalue weighted by atomic mass is 9.94. The molecule has 1 aliphatic heterocycles. The zero-order valence-electron chi connectivity index (χ0n) is 12.0. The van der Waals surface area contributed by atoms with E-state index >= 15 is 0 Å². The van der Waals surface area contributed by atoms with Crippen LogP contribution in [0.2, 0.25) is 0 Å². The Morgan fingerprint density at radius 1 is 0.611 bits per heavy atom. The lowest BCUT2D eigenvalue weighted by molar-refractivity contribution is 0.260. The lowest BCUT2D eigenvalue weighted by Gasteiger charge is -2.11. The highest BCUT2D eigenvalue weighted by Crippen LogP contribution is 2.38. The van der Waals surface area contributed by atoms with E-state index in [1.54, 1.807) is 0 Å². The summed E-state index contributed by atoms with van der Waals surface area (Å²) in [7, 11) is 0. The van der Waals surface area contributed by atoms with Gasteiger partial charge >= 0.3 is 0 Å². The molecule has 1 unspecified atom stereocenters. The fraction of sp³-hybridized carbons (Fsp3) is 0.882. The van der Waals surface area contributed by atoms with Gasteiger partial charge in [0.25, 0.3) is 0 Å². The minimum atomic E-state index is 0.344. The average Bonchev–Trinajstić information content (AvgIpc) is 3.13. The maximum Gasteiger partial charge on any atom is 0.0916 e. The zero-order chi connectivity index (χ0) is 12.5. The van der Waals surface area contributed by atoms with Crippen LogP contribution in [0.5, 0.6) is 0 Å². The molecule has 1 spiro atoms. The molecular formula is C17H30O. The Morgan fingerprint density at radius 3 is 1.56 bits per heavy atom. The van der Waals surface area contributed by atoms with Crippen LogP contribution < -0.4 is 0 Å². The van der Waals surface area contributed by atoms with Crippen molar-refractivity contribution < 1.29 is 4.74 Å². The maximum absolute atomic E-state index is 5.73. The molecule has 0 aromatic rings. The third-order valence-electron chi connectivity index (χ3n) is 4.48. The van der Waals surface area contributed by atoms with Crippen molar-refractivity contribution in [2.75, 3.05) is 6.61 Å². The Bertz CT molecular complexity index is 240. The van der Waals surface area contributed by atoms with Crippen molar-refractivity contribution >= 4 is 0 Å². The third kappa shape index (κ3) is 5.56. The minimum Gasteiger partial charge on any atom is -0.370 e. The second-order valence-corrected chi connectivity index (χ2v) is 6.20. The predicted octanol–water partition coefficient (Wildman–Crippen LogP) is 5.40. The molecule has 0 aromatic carbocycles. The van der Waals surface area contributed by atoms with Crippen LogP contribution in [0.15, 0.2) is 12.2 Å². The quantitative estimate of drug-likeness (QED) is 0.414. The highest BCUT2D eigenvalue weighted by Gasteiger charge is 2.42. The Hall–Kier alpha value is -0.300. The van der Waals surface area contributed by atoms with E-state index in [4.69, 9.17) is 4.74 Å². The Balaban J connectivity index is 1.67. The second-order valence-electron chi connectivity index (χ2n) is 6.20. The van der Waals surface area contributed by atoms with E-state index in [1.165, 1.54) is 83.5 Å². The Labute approximate surface area is 113 Å². The first-order chi connectivity index (χ1) is 8.91. The molecule has 0 aromatic heterocycles. The summed E-state index contributed by atoms with van der Waals surface area (Å²) in [6.45, 7) is 1.05. The number of epoxide rings is 1. The van der Waals surface area contributed by atoms with Gasteiger partial charge in [0.2, 0.25) is 0 Å². The van der Waals surface area contributed by atoms with Gasteiger partial charge in [0, 0.05) is 0 Å². The van der Waals surface area contributed by atoms with E-state index in [-0.39, 0.29) is 0 Å². The van der Waals surface area contributed by atoms with Crippen LogP contribution in [0.4, 0.5) is 0 Å². The topological polar surface area (TPSA) is 12.5 Å². The van der Waals surface area contributed by atoms with Gasteiger partial charge in [-0.1, -0.05) is 57.1 Å². The first-order valence-electron chi connectivity index (χ1n) is 8.20. The van der Waals surface area contributed by atoms with Crippen LogP contribution >= 0.6 is 0 Å². The van der Waals surface area contributed by atoms with Crippen molar-refractivity contribution in [3.05, 3.63) is 12.2 Å². The number of rotatable bonds is 0. The van der Waals surface area contributed by atoms with E-state index in [1.807, 2.05) is 0 Å². The Morgan fingerprint density at radius 2 is 1.06 bits per heavy atom. The molecule has 1 saturated heterocycles. The molecule has 0 N–H and O–H groups in total. The first kappa shape index (κ1) is 14.1. The van der Waals surface area contributed by atoms with Crippen molar-refractivity contribution in [1.29, 1.82) is 0 Å². The number of allylic oxidation sites excluding steroid dienone is 2. The summed E-state index contributed by atoms with van der Waals surface area (Å²) >= 11 is 0. The van der Waals surface area contributed by atoms with Gasteiger partial charge in [-0.2, -0.15) is 0 Å². The van der Waals surface area contributed by atoms with Gasteiger partial charge in [0.05, 0.1) is 12.2 Å². The fourth-order valence-corrected chi connectivity index (χ4v) is 3.05. The van der Waals surface area contributed by atoms with Crippen LogP contribution in [-0.2, 0) is 4.74 Å². The molecule has 0 bridgehead atoms. The van der Waals surface area contributed by atoms with E-state index in [2.05, 4.69) is 12.2 Å². The van der Waals surface area contributed by atoms with Gasteiger partial charge in [-0.3, -0.25) is 0 Å². The predicted molar refractivity (Wildman–Crippen MR) is 77.8 cm³/mol. The highest BCUT2D eigenvalue weighted by molar-refractivity contribution is 4.91. The lowest BCUT2D eigenvalue weighted by Crippen LogP contribution is -2.10. The zero-order valence-corrected chi connectivity index (χ0v) is 12.0. The van der Waals surface area contributed by atoms with Crippen molar-refractivity contribution in [1.82, 2.24) is 0 Å². The third-order valence-corrected chi connectivity index (χ3v) is 4.48. The summed E-state index contributed by atoms with van der Waals surface area (Å²) in [6.07, 6.45) is 22.6. The summed E-state index contributed by atoms with van der Waals surface area (Å²) in [5, 5.41) is 0. The minimum absolute atomic E-state index is 0.344. The van der Waals surface area contributed by atoms with Gasteiger partial charge in [0.15, 0.2) is 0 Å². The molecule has 0 amide bonds. The summed E-state index contributed by atoms with van der Waals surface area (Å²) < 4.78 is 5.73. The largest absolute Gasteiger partial charge is 0.370 e. The van der Waals surface area contributed by atoms with Crippen LogP contribution in [0.25, 0.3) is 0 Å². The smallest absolute Gasteiger partial charge is 0.0916 e. The summed E-state index contributed by atoms with van der Waals surface area (Å²) in [5.41, 5.74) is 0.344. The Kier molecular flexibility index (Phi) is 6.26. The monoisotopic (exact) mass is 250 g/mol. The molecule has 2 rings (SSSR count). The van der Waals surface area contributed by atoms with Gasteiger partial charge in [-0.05, 0) is 38.5 Å². The molecule has 104 valence electrons. The number of hydrogen-bond donors (Lipinski definition) is 0. The van der Waals surface area contributed by atoms with Crippen molar-refractivity contribution in [3.8, 4) is 0 Å². The average molecular weight is 250 g/mol. The molecule has 0 saturated carbocycles. The van der Waals surface area contributed by atoms with Gasteiger partial charge in [0.1, 0.15) is 0 Å². The summed E-state index contributed by atoms with van der Waals surface area (Å²) in [4.78, 5) is 0. The van der Waals surface area contributed by atoms with Crippen LogP contribution in [0, 0.1) is 0 Å². The van der Waals surface area contributed by atoms with E-state index < -0.39 is 0 Å². The second kappa shape index (κ2) is 7.99. The summed E-state index contributed by atoms with van der Waals surface area (Å²) in [5.74, 6) is 0. The van der Waals surface area contributed by atoms with Gasteiger partial charge in [-0.25, -0.2) is 0 Å². The molecule has 18 heavy (non-hydrogen) atoms. The van der Waals surface area contributed by atoms with E-state index in [0.717, 1.165) is 6.61 Å². The van der Waals surface area contributed by atoms with Gasteiger partial charge < -0.3 is 4.74 Å². The van der Waals surface area contributed by atoms with E-state index in [0.29, 0.717) is 5.60 Å². The summed E-state index contributed by atoms with van der Waals surface area (Å²) in [6, 6.07) is 0. The SMILES string of the molecule is C1=CCCCCCCC2(CCCCCCC1)CO2. The molecule has 1 nitrogen and oxygen atoms in total. The highest BCUT2D eigenvalue weighted by atomic mass is 16.6. The van der Waals surface area contributed by atoms with Crippen molar-refractivity contribution in [3.63, 3.8) is 0 Å². The molecule has 2 aliphatic rings. The number of ether oxygens (including phenoxy) is 1. The van der Waals surface area contributed by atoms with Crippen molar-refractivity contribution in [2.24, 2.45) is 0 Å². The molecule has 1 heteroatoms. The molecular weight excluding hydrogens is 220 g/mol. The molecule has 1 heterocycles. The normalized spacial score (nSPS) is 32.4. The molecule has 1 atom stereocenters. The maximum atomic E-state index is 5.73. The van der Waals surface area contributed by atoms with Crippen LogP contribution in [0.3, 0.4) is 0 Å².